The van der Waals surface area contributed by atoms with Crippen LogP contribution in [0.25, 0.3) is 5.65 Å². The Labute approximate surface area is 142 Å². The Morgan fingerprint density at radius 1 is 1.29 bits per heavy atom. The van der Waals surface area contributed by atoms with Crippen LogP contribution in [-0.2, 0) is 4.74 Å². The molecule has 3 aromatic rings. The Hall–Kier alpha value is -2.74. The van der Waals surface area contributed by atoms with Crippen LogP contribution < -0.4 is 5.32 Å². The van der Waals surface area contributed by atoms with Gasteiger partial charge in [-0.1, -0.05) is 17.4 Å². The van der Waals surface area contributed by atoms with Crippen molar-refractivity contribution >= 4 is 34.0 Å². The number of nitrogens with zero attached hydrogens (tertiary/aromatic N) is 3. The quantitative estimate of drug-likeness (QED) is 0.736. The number of thiazole rings is 1. The van der Waals surface area contributed by atoms with Gasteiger partial charge in [-0.05, 0) is 32.9 Å². The highest BCUT2D eigenvalue weighted by Gasteiger charge is 2.19. The highest BCUT2D eigenvalue weighted by molar-refractivity contribution is 7.17. The standard InChI is InChI=1S/C16H16N4O3S/c1-4-23-15(22)13-10(3)17-16(24-13)19-14(21)11-8-20-9(2)6-5-7-12(20)18-11/h5-8H,4H2,1-3H3,(H,17,19,21). The number of imidazole rings is 1. The van der Waals surface area contributed by atoms with Crippen LogP contribution in [0.3, 0.4) is 0 Å². The van der Waals surface area contributed by atoms with Crippen LogP contribution in [0, 0.1) is 13.8 Å². The molecular formula is C16H16N4O3S. The number of hydrogen-bond acceptors (Lipinski definition) is 6. The molecule has 1 amide bonds. The van der Waals surface area contributed by atoms with Gasteiger partial charge < -0.3 is 9.14 Å². The SMILES string of the molecule is CCOC(=O)c1sc(NC(=O)c2cn3c(C)cccc3n2)nc1C. The topological polar surface area (TPSA) is 85.6 Å². The zero-order chi connectivity index (χ0) is 17.3. The van der Waals surface area contributed by atoms with Crippen LogP contribution in [0.4, 0.5) is 5.13 Å². The van der Waals surface area contributed by atoms with Crippen LogP contribution in [0.2, 0.25) is 0 Å². The van der Waals surface area contributed by atoms with E-state index in [4.69, 9.17) is 4.74 Å². The first-order valence-corrected chi connectivity index (χ1v) is 8.22. The van der Waals surface area contributed by atoms with Gasteiger partial charge in [-0.3, -0.25) is 10.1 Å². The first-order chi connectivity index (χ1) is 11.5. The summed E-state index contributed by atoms with van der Waals surface area (Å²) in [6.07, 6.45) is 1.67. The van der Waals surface area contributed by atoms with E-state index in [1.807, 2.05) is 29.5 Å². The van der Waals surface area contributed by atoms with Gasteiger partial charge in [-0.2, -0.15) is 0 Å². The first kappa shape index (κ1) is 16.1. The third-order valence-corrected chi connectivity index (χ3v) is 4.46. The van der Waals surface area contributed by atoms with Gasteiger partial charge in [0, 0.05) is 11.9 Å². The number of hydrogen-bond donors (Lipinski definition) is 1. The van der Waals surface area contributed by atoms with Gasteiger partial charge in [0.1, 0.15) is 16.2 Å². The minimum Gasteiger partial charge on any atom is -0.462 e. The highest BCUT2D eigenvalue weighted by atomic mass is 32.1. The Morgan fingerprint density at radius 2 is 2.08 bits per heavy atom. The Balaban J connectivity index is 1.82. The molecule has 0 aliphatic rings. The van der Waals surface area contributed by atoms with Crippen LogP contribution in [0.1, 0.15) is 38.5 Å². The minimum atomic E-state index is -0.434. The fourth-order valence-electron chi connectivity index (χ4n) is 2.25. The lowest BCUT2D eigenvalue weighted by atomic mass is 10.4. The largest absolute Gasteiger partial charge is 0.462 e. The van der Waals surface area contributed by atoms with E-state index in [-0.39, 0.29) is 11.6 Å². The van der Waals surface area contributed by atoms with Crippen molar-refractivity contribution in [1.29, 1.82) is 0 Å². The second-order valence-corrected chi connectivity index (χ2v) is 6.13. The maximum atomic E-state index is 12.4. The van der Waals surface area contributed by atoms with Crippen molar-refractivity contribution < 1.29 is 14.3 Å². The average molecular weight is 344 g/mol. The molecule has 124 valence electrons. The number of fused-ring (bicyclic) bond motifs is 1. The number of pyridine rings is 1. The Bertz CT molecular complexity index is 929. The smallest absolute Gasteiger partial charge is 0.350 e. The van der Waals surface area contributed by atoms with Crippen LogP contribution in [0.15, 0.2) is 24.4 Å². The van der Waals surface area contributed by atoms with E-state index in [9.17, 15) is 9.59 Å². The predicted molar refractivity (Wildman–Crippen MR) is 90.7 cm³/mol. The molecular weight excluding hydrogens is 328 g/mol. The van der Waals surface area contributed by atoms with Crippen molar-refractivity contribution in [3.05, 3.63) is 46.4 Å². The van der Waals surface area contributed by atoms with Crippen molar-refractivity contribution in [2.75, 3.05) is 11.9 Å². The number of esters is 1. The summed E-state index contributed by atoms with van der Waals surface area (Å²) in [5, 5.41) is 3.02. The molecule has 0 bridgehead atoms. The number of carbonyl (C=O) groups is 2. The van der Waals surface area contributed by atoms with E-state index in [0.717, 1.165) is 17.0 Å². The number of aromatic nitrogens is 3. The molecule has 0 aliphatic carbocycles. The van der Waals surface area contributed by atoms with Gasteiger partial charge in [0.25, 0.3) is 5.91 Å². The molecule has 0 unspecified atom stereocenters. The number of ether oxygens (including phenoxy) is 1. The van der Waals surface area contributed by atoms with Gasteiger partial charge in [-0.25, -0.2) is 14.8 Å². The zero-order valence-electron chi connectivity index (χ0n) is 13.5. The maximum Gasteiger partial charge on any atom is 0.350 e. The molecule has 0 fully saturated rings. The number of aryl methyl sites for hydroxylation is 2. The summed E-state index contributed by atoms with van der Waals surface area (Å²) in [5.41, 5.74) is 2.49. The molecule has 3 rings (SSSR count). The number of amides is 1. The summed E-state index contributed by atoms with van der Waals surface area (Å²) < 4.78 is 6.81. The lowest BCUT2D eigenvalue weighted by molar-refractivity contribution is 0.0531. The summed E-state index contributed by atoms with van der Waals surface area (Å²) in [6, 6.07) is 5.65. The van der Waals surface area contributed by atoms with E-state index in [1.54, 1.807) is 20.0 Å². The second-order valence-electron chi connectivity index (χ2n) is 5.13. The second kappa shape index (κ2) is 6.40. The molecule has 0 radical (unpaired) electrons. The molecule has 0 atom stereocenters. The molecule has 0 spiro atoms. The molecule has 3 heterocycles. The van der Waals surface area contributed by atoms with Gasteiger partial charge >= 0.3 is 5.97 Å². The van der Waals surface area contributed by atoms with Crippen LogP contribution in [-0.4, -0.2) is 32.9 Å². The molecule has 8 heteroatoms. The molecule has 3 aromatic heterocycles. The summed E-state index contributed by atoms with van der Waals surface area (Å²) in [6.45, 7) is 5.67. The van der Waals surface area contributed by atoms with Gasteiger partial charge in [0.15, 0.2) is 5.13 Å². The van der Waals surface area contributed by atoms with Gasteiger partial charge in [0.05, 0.1) is 12.3 Å². The highest BCUT2D eigenvalue weighted by Crippen LogP contribution is 2.24. The van der Waals surface area contributed by atoms with Crippen LogP contribution >= 0.6 is 11.3 Å². The lowest BCUT2D eigenvalue weighted by Gasteiger charge is -1.98. The van der Waals surface area contributed by atoms with E-state index in [1.165, 1.54) is 0 Å². The van der Waals surface area contributed by atoms with E-state index >= 15 is 0 Å². The monoisotopic (exact) mass is 344 g/mol. The average Bonchev–Trinajstić information content (AvgIpc) is 3.12. The van der Waals surface area contributed by atoms with Gasteiger partial charge in [0.2, 0.25) is 0 Å². The molecule has 0 saturated carbocycles. The molecule has 1 N–H and O–H groups in total. The number of rotatable bonds is 4. The van der Waals surface area contributed by atoms with Crippen molar-refractivity contribution in [2.45, 2.75) is 20.8 Å². The fourth-order valence-corrected chi connectivity index (χ4v) is 3.11. The first-order valence-electron chi connectivity index (χ1n) is 7.40. The summed E-state index contributed by atoms with van der Waals surface area (Å²) in [5.74, 6) is -0.807. The zero-order valence-corrected chi connectivity index (χ0v) is 14.3. The third-order valence-electron chi connectivity index (χ3n) is 3.41. The third kappa shape index (κ3) is 3.00. The number of anilines is 1. The summed E-state index contributed by atoms with van der Waals surface area (Å²) >= 11 is 1.09. The van der Waals surface area contributed by atoms with Crippen LogP contribution in [0.5, 0.6) is 0 Å². The Kier molecular flexibility index (Phi) is 4.30. The van der Waals surface area contributed by atoms with Crippen molar-refractivity contribution in [3.63, 3.8) is 0 Å². The normalized spacial score (nSPS) is 10.8. The maximum absolute atomic E-state index is 12.4. The van der Waals surface area contributed by atoms with E-state index in [2.05, 4.69) is 15.3 Å². The number of carbonyl (C=O) groups excluding carboxylic acids is 2. The molecule has 7 nitrogen and oxygen atoms in total. The van der Waals surface area contributed by atoms with Crippen molar-refractivity contribution in [2.24, 2.45) is 0 Å². The van der Waals surface area contributed by atoms with Gasteiger partial charge in [-0.15, -0.1) is 0 Å². The van der Waals surface area contributed by atoms with Crippen molar-refractivity contribution in [1.82, 2.24) is 14.4 Å². The molecule has 0 aliphatic heterocycles. The van der Waals surface area contributed by atoms with E-state index < -0.39 is 5.97 Å². The molecule has 0 saturated heterocycles. The summed E-state index contributed by atoms with van der Waals surface area (Å²) in [7, 11) is 0. The summed E-state index contributed by atoms with van der Waals surface area (Å²) in [4.78, 5) is 33.1. The number of nitrogens with one attached hydrogen (secondary N) is 1. The Morgan fingerprint density at radius 3 is 2.79 bits per heavy atom. The molecule has 0 aromatic carbocycles. The minimum absolute atomic E-state index is 0.287. The fraction of sp³-hybridized carbons (Fsp3) is 0.250. The van der Waals surface area contributed by atoms with Crippen molar-refractivity contribution in [3.8, 4) is 0 Å². The van der Waals surface area contributed by atoms with E-state index in [0.29, 0.717) is 28.0 Å². The molecule has 24 heavy (non-hydrogen) atoms. The predicted octanol–water partition coefficient (Wildman–Crippen LogP) is 2.84. The lowest BCUT2D eigenvalue weighted by Crippen LogP contribution is -2.12.